The van der Waals surface area contributed by atoms with E-state index >= 15 is 0 Å². The number of aryl methyl sites for hydroxylation is 2. The van der Waals surface area contributed by atoms with Gasteiger partial charge in [0.15, 0.2) is 0 Å². The molecule has 2 nitrogen and oxygen atoms in total. The summed E-state index contributed by atoms with van der Waals surface area (Å²) in [5, 5.41) is 1.05. The van der Waals surface area contributed by atoms with Gasteiger partial charge >= 0.3 is 0 Å². The van der Waals surface area contributed by atoms with Crippen LogP contribution in [-0.2, 0) is 0 Å². The van der Waals surface area contributed by atoms with Crippen molar-refractivity contribution in [3.63, 3.8) is 0 Å². The van der Waals surface area contributed by atoms with E-state index in [9.17, 15) is 0 Å². The lowest BCUT2D eigenvalue weighted by atomic mass is 10.1. The Labute approximate surface area is 77.4 Å². The Balaban J connectivity index is 2.92. The Hall–Kier alpha value is -1.57. The molecule has 0 saturated carbocycles. The second-order valence-electron chi connectivity index (χ2n) is 3.32. The van der Waals surface area contributed by atoms with Gasteiger partial charge in [0.1, 0.15) is 0 Å². The molecule has 1 aromatic carbocycles. The van der Waals surface area contributed by atoms with Gasteiger partial charge in [-0.2, -0.15) is 0 Å². The molecule has 1 aromatic heterocycles. The molecule has 13 heavy (non-hydrogen) atoms. The summed E-state index contributed by atoms with van der Waals surface area (Å²) in [4.78, 5) is 4.46. The molecule has 0 aliphatic rings. The molecule has 2 heteroatoms. The number of rotatable bonds is 0. The van der Waals surface area contributed by atoms with Crippen LogP contribution in [0.2, 0.25) is 0 Å². The molecule has 0 aliphatic heterocycles. The van der Waals surface area contributed by atoms with Crippen molar-refractivity contribution in [2.75, 3.05) is 5.73 Å². The predicted octanol–water partition coefficient (Wildman–Crippen LogP) is 2.43. The first kappa shape index (κ1) is 8.05. The number of hydrogen-bond donors (Lipinski definition) is 1. The molecule has 0 unspecified atom stereocenters. The molecule has 0 aliphatic carbocycles. The highest BCUT2D eigenvalue weighted by molar-refractivity contribution is 5.92. The first-order valence-electron chi connectivity index (χ1n) is 4.31. The minimum atomic E-state index is 0.799. The number of anilines is 1. The van der Waals surface area contributed by atoms with Crippen LogP contribution in [-0.4, -0.2) is 4.98 Å². The Morgan fingerprint density at radius 2 is 1.85 bits per heavy atom. The van der Waals surface area contributed by atoms with E-state index in [-0.39, 0.29) is 0 Å². The fraction of sp³-hybridized carbons (Fsp3) is 0.182. The minimum absolute atomic E-state index is 0.799. The topological polar surface area (TPSA) is 38.9 Å². The summed E-state index contributed by atoms with van der Waals surface area (Å²) in [6.07, 6.45) is 0. The Kier molecular flexibility index (Phi) is 1.69. The zero-order valence-corrected chi connectivity index (χ0v) is 7.83. The van der Waals surface area contributed by atoms with E-state index in [2.05, 4.69) is 4.98 Å². The van der Waals surface area contributed by atoms with Gasteiger partial charge in [0.05, 0.1) is 5.52 Å². The second-order valence-corrected chi connectivity index (χ2v) is 3.32. The summed E-state index contributed by atoms with van der Waals surface area (Å²) in [6, 6.07) is 7.94. The number of nitrogen functional groups attached to an aromatic ring is 1. The second kappa shape index (κ2) is 2.73. The number of fused-ring (bicyclic) bond motifs is 1. The molecule has 0 amide bonds. The molecule has 2 rings (SSSR count). The molecule has 1 heterocycles. The molecule has 66 valence electrons. The summed E-state index contributed by atoms with van der Waals surface area (Å²) in [7, 11) is 0. The van der Waals surface area contributed by atoms with Gasteiger partial charge in [-0.15, -0.1) is 0 Å². The van der Waals surface area contributed by atoms with Crippen molar-refractivity contribution in [1.29, 1.82) is 0 Å². The Morgan fingerprint density at radius 3 is 2.62 bits per heavy atom. The SMILES string of the molecule is Cc1ccc2c(N)ccc(C)c2n1. The number of pyridine rings is 1. The van der Waals surface area contributed by atoms with E-state index < -0.39 is 0 Å². The lowest BCUT2D eigenvalue weighted by Gasteiger charge is -2.04. The third-order valence-corrected chi connectivity index (χ3v) is 2.23. The normalized spacial score (nSPS) is 10.6. The highest BCUT2D eigenvalue weighted by atomic mass is 14.7. The first-order valence-corrected chi connectivity index (χ1v) is 4.31. The summed E-state index contributed by atoms with van der Waals surface area (Å²) < 4.78 is 0. The van der Waals surface area contributed by atoms with Crippen molar-refractivity contribution in [2.45, 2.75) is 13.8 Å². The van der Waals surface area contributed by atoms with E-state index in [0.717, 1.165) is 22.3 Å². The fourth-order valence-electron chi connectivity index (χ4n) is 1.47. The molecule has 0 bridgehead atoms. The van der Waals surface area contributed by atoms with Crippen LogP contribution >= 0.6 is 0 Å². The zero-order chi connectivity index (χ0) is 9.42. The average Bonchev–Trinajstić information content (AvgIpc) is 2.12. The number of nitrogens with zero attached hydrogens (tertiary/aromatic N) is 1. The van der Waals surface area contributed by atoms with E-state index in [1.165, 1.54) is 5.56 Å². The monoisotopic (exact) mass is 172 g/mol. The molecule has 0 fully saturated rings. The molecule has 0 spiro atoms. The van der Waals surface area contributed by atoms with E-state index in [1.807, 2.05) is 38.1 Å². The summed E-state index contributed by atoms with van der Waals surface area (Å²) in [6.45, 7) is 4.04. The third kappa shape index (κ3) is 1.24. The maximum Gasteiger partial charge on any atom is 0.0754 e. The van der Waals surface area contributed by atoms with Gasteiger partial charge in [0, 0.05) is 16.8 Å². The average molecular weight is 172 g/mol. The van der Waals surface area contributed by atoms with E-state index in [4.69, 9.17) is 5.73 Å². The van der Waals surface area contributed by atoms with Crippen molar-refractivity contribution in [1.82, 2.24) is 4.98 Å². The maximum atomic E-state index is 5.84. The lowest BCUT2D eigenvalue weighted by Crippen LogP contribution is -1.91. The van der Waals surface area contributed by atoms with Crippen molar-refractivity contribution in [3.8, 4) is 0 Å². The maximum absolute atomic E-state index is 5.84. The van der Waals surface area contributed by atoms with Gasteiger partial charge in [-0.25, -0.2) is 0 Å². The minimum Gasteiger partial charge on any atom is -0.398 e. The third-order valence-electron chi connectivity index (χ3n) is 2.23. The van der Waals surface area contributed by atoms with Crippen molar-refractivity contribution >= 4 is 16.6 Å². The van der Waals surface area contributed by atoms with Crippen LogP contribution in [0.3, 0.4) is 0 Å². The van der Waals surface area contributed by atoms with Crippen LogP contribution in [0.4, 0.5) is 5.69 Å². The summed E-state index contributed by atoms with van der Waals surface area (Å²) in [5.74, 6) is 0. The quantitative estimate of drug-likeness (QED) is 0.620. The number of hydrogen-bond acceptors (Lipinski definition) is 2. The predicted molar refractivity (Wildman–Crippen MR) is 55.6 cm³/mol. The Bertz CT molecular complexity index is 461. The van der Waals surface area contributed by atoms with Crippen LogP contribution in [0.25, 0.3) is 10.9 Å². The summed E-state index contributed by atoms with van der Waals surface area (Å²) >= 11 is 0. The highest BCUT2D eigenvalue weighted by Crippen LogP contribution is 2.22. The number of aromatic nitrogens is 1. The smallest absolute Gasteiger partial charge is 0.0754 e. The molecule has 2 N–H and O–H groups in total. The number of benzene rings is 1. The fourth-order valence-corrected chi connectivity index (χ4v) is 1.47. The first-order chi connectivity index (χ1) is 6.18. The van der Waals surface area contributed by atoms with Crippen LogP contribution < -0.4 is 5.73 Å². The van der Waals surface area contributed by atoms with E-state index in [0.29, 0.717) is 0 Å². The van der Waals surface area contributed by atoms with Gasteiger partial charge < -0.3 is 5.73 Å². The zero-order valence-electron chi connectivity index (χ0n) is 7.83. The molecule has 2 aromatic rings. The molecule has 0 saturated heterocycles. The van der Waals surface area contributed by atoms with Gasteiger partial charge in [0.2, 0.25) is 0 Å². The largest absolute Gasteiger partial charge is 0.398 e. The lowest BCUT2D eigenvalue weighted by molar-refractivity contribution is 1.24. The molecule has 0 radical (unpaired) electrons. The van der Waals surface area contributed by atoms with Crippen LogP contribution in [0.5, 0.6) is 0 Å². The standard InChI is InChI=1S/C11H12N2/c1-7-3-6-10(12)9-5-4-8(2)13-11(7)9/h3-6H,12H2,1-2H3. The van der Waals surface area contributed by atoms with Gasteiger partial charge in [-0.1, -0.05) is 6.07 Å². The van der Waals surface area contributed by atoms with Gasteiger partial charge in [-0.05, 0) is 37.6 Å². The van der Waals surface area contributed by atoms with Crippen LogP contribution in [0, 0.1) is 13.8 Å². The molecular weight excluding hydrogens is 160 g/mol. The Morgan fingerprint density at radius 1 is 1.08 bits per heavy atom. The van der Waals surface area contributed by atoms with Crippen molar-refractivity contribution in [2.24, 2.45) is 0 Å². The number of nitrogens with two attached hydrogens (primary N) is 1. The highest BCUT2D eigenvalue weighted by Gasteiger charge is 2.01. The van der Waals surface area contributed by atoms with Gasteiger partial charge in [-0.3, -0.25) is 4.98 Å². The van der Waals surface area contributed by atoms with Crippen molar-refractivity contribution in [3.05, 3.63) is 35.5 Å². The van der Waals surface area contributed by atoms with Crippen LogP contribution in [0.1, 0.15) is 11.3 Å². The van der Waals surface area contributed by atoms with E-state index in [1.54, 1.807) is 0 Å². The molecule has 0 atom stereocenters. The summed E-state index contributed by atoms with van der Waals surface area (Å²) in [5.41, 5.74) is 9.85. The van der Waals surface area contributed by atoms with Gasteiger partial charge in [0.25, 0.3) is 0 Å². The molecular formula is C11H12N2. The van der Waals surface area contributed by atoms with Crippen molar-refractivity contribution < 1.29 is 0 Å². The van der Waals surface area contributed by atoms with Crippen LogP contribution in [0.15, 0.2) is 24.3 Å².